The third-order valence-corrected chi connectivity index (χ3v) is 6.93. The summed E-state index contributed by atoms with van der Waals surface area (Å²) in [6.45, 7) is 7.74. The molecule has 1 fully saturated rings. The van der Waals surface area contributed by atoms with Gasteiger partial charge in [-0.15, -0.1) is 11.3 Å². The van der Waals surface area contributed by atoms with Crippen LogP contribution in [-0.4, -0.2) is 23.1 Å². The van der Waals surface area contributed by atoms with E-state index in [1.165, 1.54) is 9.75 Å². The molecule has 172 valence electrons. The van der Waals surface area contributed by atoms with E-state index < -0.39 is 5.41 Å². The van der Waals surface area contributed by atoms with Crippen LogP contribution in [0.4, 0.5) is 11.4 Å². The Bertz CT molecular complexity index is 1170. The summed E-state index contributed by atoms with van der Waals surface area (Å²) in [5, 5.41) is 7.06. The van der Waals surface area contributed by atoms with Crippen molar-refractivity contribution < 1.29 is 9.53 Å². The number of rotatable bonds is 5. The first-order chi connectivity index (χ1) is 15.7. The summed E-state index contributed by atoms with van der Waals surface area (Å²) >= 11 is 7.55. The van der Waals surface area contributed by atoms with Gasteiger partial charge in [0.1, 0.15) is 5.75 Å². The molecule has 2 atom stereocenters. The minimum Gasteiger partial charge on any atom is -0.494 e. The molecule has 1 amide bonds. The first-order valence-electron chi connectivity index (χ1n) is 10.8. The fraction of sp³-hybridized carbons (Fsp3) is 0.320. The van der Waals surface area contributed by atoms with Gasteiger partial charge < -0.3 is 20.3 Å². The number of anilines is 2. The first-order valence-corrected chi connectivity index (χ1v) is 12.0. The number of nitrogens with one attached hydrogen (secondary N) is 2. The maximum atomic E-state index is 12.5. The van der Waals surface area contributed by atoms with Crippen molar-refractivity contribution in [3.05, 3.63) is 70.2 Å². The molecule has 8 heteroatoms. The van der Waals surface area contributed by atoms with Crippen molar-refractivity contribution >= 4 is 45.9 Å². The van der Waals surface area contributed by atoms with Crippen molar-refractivity contribution in [3.8, 4) is 5.75 Å². The standard InChI is InChI=1S/C25H28N4O2S2/c1-15-9-12-20(33-15)22-21(18-8-6-7-13-26-18)28-24(32)29(22)16-10-11-17(19(14-16)31-5)27-23(30)25(2,3)4/h6-14,21-22H,1-5H3,(H,27,30)(H,28,32)/t21-,22-/m1/s1. The molecule has 1 saturated heterocycles. The average Bonchev–Trinajstić information content (AvgIpc) is 3.36. The summed E-state index contributed by atoms with van der Waals surface area (Å²) in [5.41, 5.74) is 1.93. The Morgan fingerprint density at radius 2 is 2.00 bits per heavy atom. The van der Waals surface area contributed by atoms with Gasteiger partial charge in [0, 0.05) is 33.1 Å². The van der Waals surface area contributed by atoms with Gasteiger partial charge in [-0.3, -0.25) is 9.78 Å². The number of hydrogen-bond acceptors (Lipinski definition) is 5. The van der Waals surface area contributed by atoms with E-state index in [-0.39, 0.29) is 18.0 Å². The van der Waals surface area contributed by atoms with Gasteiger partial charge in [-0.2, -0.15) is 0 Å². The quantitative estimate of drug-likeness (QED) is 0.462. The van der Waals surface area contributed by atoms with Crippen molar-refractivity contribution in [1.82, 2.24) is 10.3 Å². The molecule has 0 aliphatic carbocycles. The number of nitrogens with zero attached hydrogens (tertiary/aromatic N) is 2. The summed E-state index contributed by atoms with van der Waals surface area (Å²) in [7, 11) is 1.60. The van der Waals surface area contributed by atoms with Crippen LogP contribution in [0.1, 0.15) is 48.3 Å². The molecule has 0 unspecified atom stereocenters. The summed E-state index contributed by atoms with van der Waals surface area (Å²) < 4.78 is 5.64. The molecule has 0 saturated carbocycles. The van der Waals surface area contributed by atoms with Gasteiger partial charge in [0.15, 0.2) is 5.11 Å². The van der Waals surface area contributed by atoms with Gasteiger partial charge in [0.25, 0.3) is 0 Å². The van der Waals surface area contributed by atoms with Crippen LogP contribution in [0.5, 0.6) is 5.75 Å². The molecule has 6 nitrogen and oxygen atoms in total. The van der Waals surface area contributed by atoms with E-state index in [0.29, 0.717) is 16.5 Å². The largest absolute Gasteiger partial charge is 0.494 e. The molecule has 0 bridgehead atoms. The number of thiocarbonyl (C=S) groups is 1. The van der Waals surface area contributed by atoms with Crippen LogP contribution in [0.15, 0.2) is 54.7 Å². The predicted octanol–water partition coefficient (Wildman–Crippen LogP) is 5.62. The van der Waals surface area contributed by atoms with E-state index in [4.69, 9.17) is 17.0 Å². The zero-order chi connectivity index (χ0) is 23.8. The molecule has 0 radical (unpaired) electrons. The maximum absolute atomic E-state index is 12.5. The predicted molar refractivity (Wildman–Crippen MR) is 138 cm³/mol. The molecule has 33 heavy (non-hydrogen) atoms. The van der Waals surface area contributed by atoms with Gasteiger partial charge in [-0.25, -0.2) is 0 Å². The molecular formula is C25H28N4O2S2. The molecule has 4 rings (SSSR count). The second-order valence-electron chi connectivity index (χ2n) is 9.03. The summed E-state index contributed by atoms with van der Waals surface area (Å²) in [6.07, 6.45) is 1.80. The number of aromatic nitrogens is 1. The topological polar surface area (TPSA) is 66.5 Å². The number of ether oxygens (including phenoxy) is 1. The highest BCUT2D eigenvalue weighted by atomic mass is 32.1. The van der Waals surface area contributed by atoms with Crippen LogP contribution in [-0.2, 0) is 4.79 Å². The fourth-order valence-electron chi connectivity index (χ4n) is 3.78. The highest BCUT2D eigenvalue weighted by Crippen LogP contribution is 2.45. The smallest absolute Gasteiger partial charge is 0.229 e. The number of carbonyl (C=O) groups excluding carboxylic acids is 1. The number of benzene rings is 1. The molecule has 3 aromatic rings. The molecule has 1 aliphatic heterocycles. The summed E-state index contributed by atoms with van der Waals surface area (Å²) in [6, 6.07) is 15.8. The summed E-state index contributed by atoms with van der Waals surface area (Å²) in [5.74, 6) is 0.504. The Kier molecular flexibility index (Phi) is 6.41. The van der Waals surface area contributed by atoms with Gasteiger partial charge in [-0.1, -0.05) is 26.8 Å². The van der Waals surface area contributed by atoms with E-state index in [1.807, 2.05) is 57.2 Å². The molecule has 2 aromatic heterocycles. The highest BCUT2D eigenvalue weighted by molar-refractivity contribution is 7.80. The molecule has 2 N–H and O–H groups in total. The Hall–Kier alpha value is -2.97. The molecule has 1 aromatic carbocycles. The maximum Gasteiger partial charge on any atom is 0.229 e. The van der Waals surface area contributed by atoms with E-state index in [2.05, 4.69) is 39.6 Å². The van der Waals surface area contributed by atoms with Crippen LogP contribution in [0.2, 0.25) is 0 Å². The normalized spacial score (nSPS) is 18.2. The lowest BCUT2D eigenvalue weighted by molar-refractivity contribution is -0.123. The number of aryl methyl sites for hydroxylation is 1. The average molecular weight is 481 g/mol. The third kappa shape index (κ3) is 4.72. The number of amides is 1. The number of methoxy groups -OCH3 is 1. The van der Waals surface area contributed by atoms with Crippen molar-refractivity contribution in [2.24, 2.45) is 5.41 Å². The Morgan fingerprint density at radius 1 is 1.21 bits per heavy atom. The second-order valence-corrected chi connectivity index (χ2v) is 10.7. The summed E-state index contributed by atoms with van der Waals surface area (Å²) in [4.78, 5) is 21.7. The molecule has 1 aliphatic rings. The number of thiophene rings is 1. The third-order valence-electron chi connectivity index (χ3n) is 5.54. The van der Waals surface area contributed by atoms with Crippen molar-refractivity contribution in [2.45, 2.75) is 39.8 Å². The van der Waals surface area contributed by atoms with E-state index in [9.17, 15) is 4.79 Å². The number of pyridine rings is 1. The van der Waals surface area contributed by atoms with Crippen LogP contribution in [0, 0.1) is 12.3 Å². The van der Waals surface area contributed by atoms with Gasteiger partial charge >= 0.3 is 0 Å². The minimum atomic E-state index is -0.512. The Labute approximate surface area is 204 Å². The Balaban J connectivity index is 1.74. The number of carbonyl (C=O) groups is 1. The number of hydrogen-bond donors (Lipinski definition) is 2. The Morgan fingerprint density at radius 3 is 2.61 bits per heavy atom. The molecule has 0 spiro atoms. The lowest BCUT2D eigenvalue weighted by atomic mass is 9.95. The van der Waals surface area contributed by atoms with Gasteiger partial charge in [0.05, 0.1) is 30.6 Å². The SMILES string of the molecule is COc1cc(N2C(=S)N[C@H](c3ccccn3)[C@H]2c2ccc(C)s2)ccc1NC(=O)C(C)(C)C. The van der Waals surface area contributed by atoms with Crippen molar-refractivity contribution in [1.29, 1.82) is 0 Å². The van der Waals surface area contributed by atoms with Gasteiger partial charge in [0.2, 0.25) is 5.91 Å². The first kappa shape index (κ1) is 23.2. The fourth-order valence-corrected chi connectivity index (χ4v) is 5.13. The zero-order valence-corrected chi connectivity index (χ0v) is 21.0. The van der Waals surface area contributed by atoms with Crippen LogP contribution < -0.4 is 20.3 Å². The lowest BCUT2D eigenvalue weighted by Crippen LogP contribution is -2.29. The lowest BCUT2D eigenvalue weighted by Gasteiger charge is -2.28. The monoisotopic (exact) mass is 480 g/mol. The van der Waals surface area contributed by atoms with E-state index >= 15 is 0 Å². The van der Waals surface area contributed by atoms with Crippen LogP contribution in [0.3, 0.4) is 0 Å². The molecule has 3 heterocycles. The van der Waals surface area contributed by atoms with Crippen molar-refractivity contribution in [2.75, 3.05) is 17.3 Å². The van der Waals surface area contributed by atoms with Crippen LogP contribution in [0.25, 0.3) is 0 Å². The van der Waals surface area contributed by atoms with E-state index in [1.54, 1.807) is 24.6 Å². The van der Waals surface area contributed by atoms with Crippen molar-refractivity contribution in [3.63, 3.8) is 0 Å². The van der Waals surface area contributed by atoms with E-state index in [0.717, 1.165) is 11.4 Å². The zero-order valence-electron chi connectivity index (χ0n) is 19.4. The van der Waals surface area contributed by atoms with Gasteiger partial charge in [-0.05, 0) is 55.5 Å². The molecular weight excluding hydrogens is 452 g/mol. The minimum absolute atomic E-state index is 0.0641. The highest BCUT2D eigenvalue weighted by Gasteiger charge is 2.41. The second kappa shape index (κ2) is 9.11. The van der Waals surface area contributed by atoms with Crippen LogP contribution >= 0.6 is 23.6 Å².